The molecule has 5 rings (SSSR count). The lowest BCUT2D eigenvalue weighted by atomic mass is 9.81. The van der Waals surface area contributed by atoms with Gasteiger partial charge in [-0.25, -0.2) is 0 Å². The summed E-state index contributed by atoms with van der Waals surface area (Å²) < 4.78 is 23.8. The fourth-order valence-electron chi connectivity index (χ4n) is 5.99. The summed E-state index contributed by atoms with van der Waals surface area (Å²) in [4.78, 5) is 13.1. The molecular formula is C29H39N3O7. The molecule has 10 nitrogen and oxygen atoms in total. The molecule has 5 N–H and O–H groups in total. The normalized spacial score (nSPS) is 35.9. The van der Waals surface area contributed by atoms with E-state index in [-0.39, 0.29) is 24.5 Å². The van der Waals surface area contributed by atoms with Crippen molar-refractivity contribution < 1.29 is 34.0 Å². The lowest BCUT2D eigenvalue weighted by Gasteiger charge is -2.56. The Kier molecular flexibility index (Phi) is 8.25. The second kappa shape index (κ2) is 11.5. The molecule has 0 spiro atoms. The molecule has 2 heterocycles. The predicted molar refractivity (Wildman–Crippen MR) is 144 cm³/mol. The van der Waals surface area contributed by atoms with E-state index in [1.165, 1.54) is 0 Å². The van der Waals surface area contributed by atoms with Gasteiger partial charge in [0.1, 0.15) is 11.9 Å². The average molecular weight is 542 g/mol. The van der Waals surface area contributed by atoms with Gasteiger partial charge in [-0.3, -0.25) is 4.79 Å². The maximum Gasteiger partial charge on any atom is 0.239 e. The molecule has 2 saturated heterocycles. The first kappa shape index (κ1) is 28.0. The van der Waals surface area contributed by atoms with E-state index in [0.29, 0.717) is 12.8 Å². The third-order valence-corrected chi connectivity index (χ3v) is 8.13. The van der Waals surface area contributed by atoms with E-state index in [4.69, 9.17) is 18.9 Å². The average Bonchev–Trinajstić information content (AvgIpc) is 2.93. The molecule has 39 heavy (non-hydrogen) atoms. The molecule has 0 aromatic heterocycles. The number of carbonyl (C=O) groups excluding carboxylic acids is 1. The Morgan fingerprint density at radius 2 is 1.85 bits per heavy atom. The standard InChI is InChI=1S/C29H39N3O7/c1-16-12-23(29(35)28(37-16)38-22-15-21(30-2)26(34)25(31-3)27(22)39-29)32-24(33)13-17-8-10-18(11-9-17)19-6-5-7-20(14-19)36-4/h5-11,14,16,21-23,25-28,30-31,34-35H,12-13,15H2,1-4H3,(H,32,33)/t16-,21+,22?,23-,25+,26+,27?,28?,29+/m1/s1. The first-order valence-electron chi connectivity index (χ1n) is 13.5. The molecular weight excluding hydrogens is 502 g/mol. The number of ether oxygens (including phenoxy) is 4. The van der Waals surface area contributed by atoms with Gasteiger partial charge in [0.05, 0.1) is 43.9 Å². The third-order valence-electron chi connectivity index (χ3n) is 8.13. The Hall–Kier alpha value is -2.57. The Morgan fingerprint density at radius 3 is 2.54 bits per heavy atom. The number of hydrogen-bond acceptors (Lipinski definition) is 9. The van der Waals surface area contributed by atoms with Crippen molar-refractivity contribution in [3.05, 3.63) is 54.1 Å². The Labute approximate surface area is 229 Å². The smallest absolute Gasteiger partial charge is 0.239 e. The lowest BCUT2D eigenvalue weighted by Crippen LogP contribution is -2.76. The SMILES string of the molecule is CN[C@H]1CC2OC3O[C@H](C)C[C@@H](NC(=O)Cc4ccc(-c5cccc(OC)c5)cc4)[C@]3(O)OC2[C@@H](NC)[C@H]1O. The molecule has 3 fully saturated rings. The van der Waals surface area contributed by atoms with Gasteiger partial charge < -0.3 is 45.1 Å². The Bertz CT molecular complexity index is 1150. The number of carbonyl (C=O) groups is 1. The highest BCUT2D eigenvalue weighted by molar-refractivity contribution is 5.79. The van der Waals surface area contributed by atoms with Gasteiger partial charge in [-0.15, -0.1) is 0 Å². The molecule has 3 unspecified atom stereocenters. The van der Waals surface area contributed by atoms with E-state index < -0.39 is 42.5 Å². The van der Waals surface area contributed by atoms with Crippen molar-refractivity contribution in [1.29, 1.82) is 0 Å². The van der Waals surface area contributed by atoms with Gasteiger partial charge in [0, 0.05) is 6.04 Å². The fraction of sp³-hybridized carbons (Fsp3) is 0.552. The van der Waals surface area contributed by atoms with Crippen LogP contribution in [-0.2, 0) is 25.4 Å². The van der Waals surface area contributed by atoms with Crippen molar-refractivity contribution in [3.8, 4) is 16.9 Å². The number of amides is 1. The van der Waals surface area contributed by atoms with Crippen molar-refractivity contribution in [2.24, 2.45) is 0 Å². The highest BCUT2D eigenvalue weighted by Crippen LogP contribution is 2.41. The number of rotatable bonds is 7. The summed E-state index contributed by atoms with van der Waals surface area (Å²) in [7, 11) is 5.16. The van der Waals surface area contributed by atoms with E-state index in [1.807, 2.05) is 55.5 Å². The minimum atomic E-state index is -1.90. The van der Waals surface area contributed by atoms with E-state index in [2.05, 4.69) is 16.0 Å². The third kappa shape index (κ3) is 5.55. The molecule has 0 radical (unpaired) electrons. The topological polar surface area (TPSA) is 131 Å². The maximum absolute atomic E-state index is 13.1. The number of aliphatic hydroxyl groups excluding tert-OH is 1. The molecule has 3 aliphatic rings. The van der Waals surface area contributed by atoms with Crippen molar-refractivity contribution >= 4 is 5.91 Å². The number of hydrogen-bond donors (Lipinski definition) is 5. The van der Waals surface area contributed by atoms with Crippen LogP contribution in [-0.4, -0.2) is 91.9 Å². The van der Waals surface area contributed by atoms with Gasteiger partial charge >= 0.3 is 0 Å². The van der Waals surface area contributed by atoms with Crippen LogP contribution in [0.1, 0.15) is 25.3 Å². The zero-order valence-corrected chi connectivity index (χ0v) is 22.8. The molecule has 1 amide bonds. The summed E-state index contributed by atoms with van der Waals surface area (Å²) >= 11 is 0. The number of aliphatic hydroxyl groups is 2. The van der Waals surface area contributed by atoms with Crippen molar-refractivity contribution in [2.75, 3.05) is 21.2 Å². The summed E-state index contributed by atoms with van der Waals surface area (Å²) in [5, 5.41) is 31.8. The van der Waals surface area contributed by atoms with Gasteiger partial charge in [0.25, 0.3) is 0 Å². The molecule has 2 aromatic carbocycles. The quantitative estimate of drug-likeness (QED) is 0.348. The first-order chi connectivity index (χ1) is 18.7. The summed E-state index contributed by atoms with van der Waals surface area (Å²) in [5.74, 6) is -1.37. The van der Waals surface area contributed by atoms with Crippen LogP contribution in [0.3, 0.4) is 0 Å². The van der Waals surface area contributed by atoms with Crippen LogP contribution in [0.15, 0.2) is 48.5 Å². The molecule has 212 valence electrons. The number of benzene rings is 2. The first-order valence-corrected chi connectivity index (χ1v) is 13.5. The monoisotopic (exact) mass is 541 g/mol. The van der Waals surface area contributed by atoms with Gasteiger partial charge in [-0.05, 0) is 62.7 Å². The molecule has 2 aromatic rings. The van der Waals surface area contributed by atoms with Crippen LogP contribution < -0.4 is 20.7 Å². The van der Waals surface area contributed by atoms with E-state index in [9.17, 15) is 15.0 Å². The number of methoxy groups -OCH3 is 1. The van der Waals surface area contributed by atoms with Crippen LogP contribution in [0, 0.1) is 0 Å². The van der Waals surface area contributed by atoms with Crippen molar-refractivity contribution in [1.82, 2.24) is 16.0 Å². The van der Waals surface area contributed by atoms with Crippen LogP contribution in [0.4, 0.5) is 0 Å². The van der Waals surface area contributed by atoms with Crippen LogP contribution in [0.2, 0.25) is 0 Å². The van der Waals surface area contributed by atoms with Crippen LogP contribution in [0.25, 0.3) is 11.1 Å². The molecule has 2 aliphatic heterocycles. The molecule has 1 aliphatic carbocycles. The highest BCUT2D eigenvalue weighted by Gasteiger charge is 2.61. The predicted octanol–water partition coefficient (Wildman–Crippen LogP) is 0.938. The lowest BCUT2D eigenvalue weighted by molar-refractivity contribution is -0.442. The maximum atomic E-state index is 13.1. The van der Waals surface area contributed by atoms with Crippen molar-refractivity contribution in [3.63, 3.8) is 0 Å². The molecule has 9 atom stereocenters. The summed E-state index contributed by atoms with van der Waals surface area (Å²) in [5.41, 5.74) is 2.88. The van der Waals surface area contributed by atoms with E-state index in [1.54, 1.807) is 21.2 Å². The van der Waals surface area contributed by atoms with Crippen LogP contribution in [0.5, 0.6) is 5.75 Å². The minimum absolute atomic E-state index is 0.138. The van der Waals surface area contributed by atoms with Crippen LogP contribution >= 0.6 is 0 Å². The van der Waals surface area contributed by atoms with E-state index in [0.717, 1.165) is 22.4 Å². The second-order valence-electron chi connectivity index (χ2n) is 10.7. The fourth-order valence-corrected chi connectivity index (χ4v) is 5.99. The summed E-state index contributed by atoms with van der Waals surface area (Å²) in [6.07, 6.45) is -2.14. The largest absolute Gasteiger partial charge is 0.497 e. The number of likely N-dealkylation sites (N-methyl/N-ethyl adjacent to an activating group) is 2. The number of fused-ring (bicyclic) bond motifs is 2. The molecule has 0 bridgehead atoms. The Balaban J connectivity index is 1.28. The summed E-state index contributed by atoms with van der Waals surface area (Å²) in [6, 6.07) is 14.1. The summed E-state index contributed by atoms with van der Waals surface area (Å²) in [6.45, 7) is 1.88. The van der Waals surface area contributed by atoms with E-state index >= 15 is 0 Å². The zero-order chi connectivity index (χ0) is 27.7. The number of nitrogens with one attached hydrogen (secondary N) is 3. The highest BCUT2D eigenvalue weighted by atomic mass is 16.8. The van der Waals surface area contributed by atoms with Gasteiger partial charge in [-0.2, -0.15) is 0 Å². The minimum Gasteiger partial charge on any atom is -0.497 e. The van der Waals surface area contributed by atoms with Gasteiger partial charge in [-0.1, -0.05) is 36.4 Å². The van der Waals surface area contributed by atoms with Gasteiger partial charge in [0.2, 0.25) is 18.0 Å². The van der Waals surface area contributed by atoms with Gasteiger partial charge in [0.15, 0.2) is 0 Å². The zero-order valence-electron chi connectivity index (χ0n) is 22.8. The van der Waals surface area contributed by atoms with Crippen molar-refractivity contribution in [2.45, 2.75) is 80.8 Å². The Morgan fingerprint density at radius 1 is 1.08 bits per heavy atom. The molecule has 10 heteroatoms. The second-order valence-corrected chi connectivity index (χ2v) is 10.7. The molecule has 1 saturated carbocycles.